The molecule has 1 amide bonds. The van der Waals surface area contributed by atoms with Gasteiger partial charge < -0.3 is 5.32 Å². The summed E-state index contributed by atoms with van der Waals surface area (Å²) in [4.78, 5) is 13.7. The lowest BCUT2D eigenvalue weighted by Crippen LogP contribution is -2.26. The number of para-hydroxylation sites is 1. The molecule has 29 heavy (non-hydrogen) atoms. The third-order valence-electron chi connectivity index (χ3n) is 4.33. The van der Waals surface area contributed by atoms with Crippen molar-refractivity contribution < 1.29 is 13.2 Å². The Bertz CT molecular complexity index is 1120. The second-order valence-electron chi connectivity index (χ2n) is 6.13. The molecule has 8 heteroatoms. The highest BCUT2D eigenvalue weighted by Gasteiger charge is 2.21. The SMILES string of the molecule is CSc1ccc(S(=O)(=O)N(C)c2ccc(C(=O)Nc3ccccc3Br)cc2)cc1. The van der Waals surface area contributed by atoms with Gasteiger partial charge in [0.05, 0.1) is 16.3 Å². The predicted molar refractivity (Wildman–Crippen MR) is 122 cm³/mol. The van der Waals surface area contributed by atoms with Crippen molar-refractivity contribution in [3.05, 3.63) is 82.8 Å². The molecule has 1 N–H and O–H groups in total. The number of carbonyl (C=O) groups is 1. The van der Waals surface area contributed by atoms with Crippen molar-refractivity contribution in [3.8, 4) is 0 Å². The molecule has 0 unspecified atom stereocenters. The molecule has 150 valence electrons. The number of nitrogens with one attached hydrogen (secondary N) is 1. The van der Waals surface area contributed by atoms with Crippen LogP contribution in [0.5, 0.6) is 0 Å². The molecule has 5 nitrogen and oxygen atoms in total. The Labute approximate surface area is 183 Å². The molecule has 3 aromatic carbocycles. The maximum atomic E-state index is 12.9. The second-order valence-corrected chi connectivity index (χ2v) is 9.83. The minimum Gasteiger partial charge on any atom is -0.321 e. The molecule has 0 fully saturated rings. The van der Waals surface area contributed by atoms with Gasteiger partial charge in [-0.15, -0.1) is 11.8 Å². The molecule has 0 aliphatic carbocycles. The smallest absolute Gasteiger partial charge is 0.264 e. The van der Waals surface area contributed by atoms with Crippen LogP contribution in [0.15, 0.2) is 87.1 Å². The van der Waals surface area contributed by atoms with Gasteiger partial charge in [0, 0.05) is 22.0 Å². The van der Waals surface area contributed by atoms with Gasteiger partial charge in [0.25, 0.3) is 15.9 Å². The van der Waals surface area contributed by atoms with E-state index >= 15 is 0 Å². The molecule has 0 bridgehead atoms. The summed E-state index contributed by atoms with van der Waals surface area (Å²) in [5.41, 5.74) is 1.56. The van der Waals surface area contributed by atoms with E-state index in [-0.39, 0.29) is 10.8 Å². The van der Waals surface area contributed by atoms with E-state index in [0.29, 0.717) is 16.9 Å². The van der Waals surface area contributed by atoms with Crippen LogP contribution in [-0.2, 0) is 10.0 Å². The number of halogens is 1. The molecule has 0 saturated heterocycles. The highest BCUT2D eigenvalue weighted by atomic mass is 79.9. The number of rotatable bonds is 6. The molecule has 0 saturated carbocycles. The quantitative estimate of drug-likeness (QED) is 0.479. The van der Waals surface area contributed by atoms with Crippen LogP contribution in [0.4, 0.5) is 11.4 Å². The number of nitrogens with zero attached hydrogens (tertiary/aromatic N) is 1. The van der Waals surface area contributed by atoms with Crippen molar-refractivity contribution in [2.45, 2.75) is 9.79 Å². The van der Waals surface area contributed by atoms with E-state index < -0.39 is 10.0 Å². The van der Waals surface area contributed by atoms with Crippen LogP contribution >= 0.6 is 27.7 Å². The summed E-state index contributed by atoms with van der Waals surface area (Å²) in [5.74, 6) is -0.276. The first-order valence-electron chi connectivity index (χ1n) is 8.62. The van der Waals surface area contributed by atoms with Crippen molar-refractivity contribution in [2.75, 3.05) is 22.9 Å². The average Bonchev–Trinajstić information content (AvgIpc) is 2.75. The summed E-state index contributed by atoms with van der Waals surface area (Å²) in [6.07, 6.45) is 1.93. The Kier molecular flexibility index (Phi) is 6.66. The normalized spacial score (nSPS) is 11.1. The third-order valence-corrected chi connectivity index (χ3v) is 7.57. The monoisotopic (exact) mass is 490 g/mol. The topological polar surface area (TPSA) is 66.5 Å². The van der Waals surface area contributed by atoms with E-state index in [1.54, 1.807) is 66.4 Å². The third kappa shape index (κ3) is 4.83. The average molecular weight is 491 g/mol. The fraction of sp³-hybridized carbons (Fsp3) is 0.0952. The molecule has 0 aliphatic heterocycles. The number of carbonyl (C=O) groups excluding carboxylic acids is 1. The van der Waals surface area contributed by atoms with Crippen LogP contribution in [0.25, 0.3) is 0 Å². The molecule has 0 aromatic heterocycles. The minimum atomic E-state index is -3.69. The Hall–Kier alpha value is -2.29. The van der Waals surface area contributed by atoms with Crippen molar-refractivity contribution in [2.24, 2.45) is 0 Å². The molecule has 0 atom stereocenters. The first-order valence-corrected chi connectivity index (χ1v) is 12.1. The molecule has 0 radical (unpaired) electrons. The van der Waals surface area contributed by atoms with E-state index in [2.05, 4.69) is 21.2 Å². The van der Waals surface area contributed by atoms with Crippen molar-refractivity contribution in [1.82, 2.24) is 0 Å². The molecule has 0 aliphatic rings. The van der Waals surface area contributed by atoms with E-state index in [0.717, 1.165) is 9.37 Å². The van der Waals surface area contributed by atoms with Gasteiger partial charge in [0.2, 0.25) is 0 Å². The first kappa shape index (κ1) is 21.4. The van der Waals surface area contributed by atoms with Crippen LogP contribution in [0, 0.1) is 0 Å². The first-order chi connectivity index (χ1) is 13.8. The zero-order valence-electron chi connectivity index (χ0n) is 15.8. The summed E-state index contributed by atoms with van der Waals surface area (Å²) in [6.45, 7) is 0. The van der Waals surface area contributed by atoms with Crippen molar-refractivity contribution in [3.63, 3.8) is 0 Å². The summed E-state index contributed by atoms with van der Waals surface area (Å²) >= 11 is 4.94. The number of thioether (sulfide) groups is 1. The van der Waals surface area contributed by atoms with Crippen LogP contribution in [0.1, 0.15) is 10.4 Å². The van der Waals surface area contributed by atoms with Gasteiger partial charge in [0.15, 0.2) is 0 Å². The van der Waals surface area contributed by atoms with Gasteiger partial charge in [-0.1, -0.05) is 12.1 Å². The molecular weight excluding hydrogens is 472 g/mol. The van der Waals surface area contributed by atoms with Crippen LogP contribution < -0.4 is 9.62 Å². The number of benzene rings is 3. The minimum absolute atomic E-state index is 0.216. The van der Waals surface area contributed by atoms with E-state index in [1.165, 1.54) is 11.4 Å². The number of hydrogen-bond donors (Lipinski definition) is 1. The van der Waals surface area contributed by atoms with Gasteiger partial charge in [-0.05, 0) is 82.8 Å². The van der Waals surface area contributed by atoms with Gasteiger partial charge >= 0.3 is 0 Å². The predicted octanol–water partition coefficient (Wildman–Crippen LogP) is 5.25. The van der Waals surface area contributed by atoms with E-state index in [1.807, 2.05) is 24.5 Å². The fourth-order valence-electron chi connectivity index (χ4n) is 2.62. The van der Waals surface area contributed by atoms with Gasteiger partial charge in [-0.2, -0.15) is 0 Å². The van der Waals surface area contributed by atoms with E-state index in [9.17, 15) is 13.2 Å². The second kappa shape index (κ2) is 9.02. The summed E-state index contributed by atoms with van der Waals surface area (Å²) in [7, 11) is -2.19. The zero-order chi connectivity index (χ0) is 21.0. The molecule has 0 spiro atoms. The number of sulfonamides is 1. The standard InChI is InChI=1S/C21H19BrN2O3S2/c1-24(29(26,27)18-13-11-17(28-2)12-14-18)16-9-7-15(8-10-16)21(25)23-20-6-4-3-5-19(20)22/h3-14H,1-2H3,(H,23,25). The maximum absolute atomic E-state index is 12.9. The van der Waals surface area contributed by atoms with Crippen molar-refractivity contribution in [1.29, 1.82) is 0 Å². The highest BCUT2D eigenvalue weighted by molar-refractivity contribution is 9.10. The Balaban J connectivity index is 1.78. The van der Waals surface area contributed by atoms with Crippen molar-refractivity contribution >= 4 is 55.0 Å². The number of amides is 1. The summed E-state index contributed by atoms with van der Waals surface area (Å²) in [5, 5.41) is 2.82. The number of anilines is 2. The summed E-state index contributed by atoms with van der Waals surface area (Å²) in [6, 6.07) is 20.5. The maximum Gasteiger partial charge on any atom is 0.264 e. The van der Waals surface area contributed by atoms with Gasteiger partial charge in [-0.3, -0.25) is 9.10 Å². The molecule has 3 aromatic rings. The van der Waals surface area contributed by atoms with Crippen LogP contribution in [0.3, 0.4) is 0 Å². The largest absolute Gasteiger partial charge is 0.321 e. The van der Waals surface area contributed by atoms with Gasteiger partial charge in [-0.25, -0.2) is 8.42 Å². The zero-order valence-corrected chi connectivity index (χ0v) is 19.0. The lowest BCUT2D eigenvalue weighted by atomic mass is 10.2. The fourth-order valence-corrected chi connectivity index (χ4v) is 4.61. The summed E-state index contributed by atoms with van der Waals surface area (Å²) < 4.78 is 27.7. The Morgan fingerprint density at radius 1 is 0.966 bits per heavy atom. The van der Waals surface area contributed by atoms with Gasteiger partial charge in [0.1, 0.15) is 0 Å². The Morgan fingerprint density at radius 3 is 2.17 bits per heavy atom. The lowest BCUT2D eigenvalue weighted by molar-refractivity contribution is 0.102. The molecule has 0 heterocycles. The Morgan fingerprint density at radius 2 is 1.59 bits per heavy atom. The van der Waals surface area contributed by atoms with E-state index in [4.69, 9.17) is 0 Å². The van der Waals surface area contributed by atoms with Crippen LogP contribution in [0.2, 0.25) is 0 Å². The van der Waals surface area contributed by atoms with Crippen LogP contribution in [-0.4, -0.2) is 27.6 Å². The molecular formula is C21H19BrN2O3S2. The molecule has 3 rings (SSSR count). The highest BCUT2D eigenvalue weighted by Crippen LogP contribution is 2.25. The lowest BCUT2D eigenvalue weighted by Gasteiger charge is -2.20. The number of hydrogen-bond acceptors (Lipinski definition) is 4.